The van der Waals surface area contributed by atoms with Crippen LogP contribution in [0.15, 0.2) is 12.1 Å². The van der Waals surface area contributed by atoms with Crippen LogP contribution in [0, 0.1) is 10.5 Å². The van der Waals surface area contributed by atoms with Crippen molar-refractivity contribution in [3.05, 3.63) is 26.8 Å². The zero-order valence-corrected chi connectivity index (χ0v) is 10.7. The van der Waals surface area contributed by atoms with E-state index < -0.39 is 0 Å². The van der Waals surface area contributed by atoms with Crippen molar-refractivity contribution in [3.63, 3.8) is 0 Å². The summed E-state index contributed by atoms with van der Waals surface area (Å²) < 4.78 is 1.03. The lowest BCUT2D eigenvalue weighted by Crippen LogP contribution is -2.34. The number of ketones is 1. The highest BCUT2D eigenvalue weighted by atomic mass is 127. The third-order valence-corrected chi connectivity index (χ3v) is 3.21. The van der Waals surface area contributed by atoms with Crippen molar-refractivity contribution in [1.82, 2.24) is 0 Å². The molecule has 0 atom stereocenters. The lowest BCUT2D eigenvalue weighted by atomic mass is 9.97. The molecule has 0 spiro atoms. The van der Waals surface area contributed by atoms with E-state index >= 15 is 0 Å². The van der Waals surface area contributed by atoms with Crippen molar-refractivity contribution < 1.29 is 9.59 Å². The van der Waals surface area contributed by atoms with Crippen LogP contribution in [-0.2, 0) is 4.79 Å². The Morgan fingerprint density at radius 3 is 2.67 bits per heavy atom. The van der Waals surface area contributed by atoms with Crippen molar-refractivity contribution in [2.75, 3.05) is 11.9 Å². The summed E-state index contributed by atoms with van der Waals surface area (Å²) in [6.45, 7) is 1.92. The molecular weight excluding hydrogens is 305 g/mol. The molecule has 1 aliphatic heterocycles. The molecular formula is C11H10INO2. The van der Waals surface area contributed by atoms with E-state index in [1.807, 2.05) is 19.1 Å². The summed E-state index contributed by atoms with van der Waals surface area (Å²) in [4.78, 5) is 24.8. The number of halogens is 1. The summed E-state index contributed by atoms with van der Waals surface area (Å²) >= 11 is 2.18. The second kappa shape index (κ2) is 3.59. The van der Waals surface area contributed by atoms with Gasteiger partial charge in [-0.05, 0) is 47.2 Å². The highest BCUT2D eigenvalue weighted by Crippen LogP contribution is 2.31. The Hall–Kier alpha value is -0.910. The Morgan fingerprint density at radius 1 is 1.33 bits per heavy atom. The van der Waals surface area contributed by atoms with Gasteiger partial charge in [0.05, 0.1) is 12.1 Å². The molecule has 0 aliphatic carbocycles. The number of hydrogen-bond donors (Lipinski definition) is 0. The van der Waals surface area contributed by atoms with E-state index in [1.54, 1.807) is 11.9 Å². The maximum absolute atomic E-state index is 11.7. The molecule has 0 radical (unpaired) electrons. The second-order valence-corrected chi connectivity index (χ2v) is 4.92. The van der Waals surface area contributed by atoms with Gasteiger partial charge in [-0.3, -0.25) is 9.59 Å². The zero-order valence-electron chi connectivity index (χ0n) is 8.50. The molecule has 0 saturated heterocycles. The molecule has 1 aliphatic rings. The van der Waals surface area contributed by atoms with Crippen LogP contribution in [0.2, 0.25) is 0 Å². The van der Waals surface area contributed by atoms with Gasteiger partial charge < -0.3 is 4.90 Å². The molecule has 0 aromatic heterocycles. The van der Waals surface area contributed by atoms with Gasteiger partial charge in [-0.15, -0.1) is 0 Å². The van der Waals surface area contributed by atoms with Gasteiger partial charge in [-0.25, -0.2) is 0 Å². The summed E-state index contributed by atoms with van der Waals surface area (Å²) in [6, 6.07) is 3.82. The molecule has 1 amide bonds. The van der Waals surface area contributed by atoms with Crippen LogP contribution in [-0.4, -0.2) is 18.7 Å². The number of nitrogens with zero attached hydrogens (tertiary/aromatic N) is 1. The number of fused-ring (bicyclic) bond motifs is 1. The van der Waals surface area contributed by atoms with Crippen molar-refractivity contribution >= 4 is 40.0 Å². The first kappa shape index (κ1) is 10.6. The largest absolute Gasteiger partial charge is 0.314 e. The maximum atomic E-state index is 11.7. The predicted molar refractivity (Wildman–Crippen MR) is 66.3 cm³/mol. The monoisotopic (exact) mass is 315 g/mol. The summed E-state index contributed by atoms with van der Waals surface area (Å²) in [6.07, 6.45) is -0.0109. The lowest BCUT2D eigenvalue weighted by Gasteiger charge is -2.26. The number of benzene rings is 1. The van der Waals surface area contributed by atoms with Crippen LogP contribution in [0.5, 0.6) is 0 Å². The Morgan fingerprint density at radius 2 is 2.00 bits per heavy atom. The van der Waals surface area contributed by atoms with E-state index in [0.717, 1.165) is 14.8 Å². The maximum Gasteiger partial charge on any atom is 0.234 e. The zero-order chi connectivity index (χ0) is 11.2. The molecule has 78 valence electrons. The van der Waals surface area contributed by atoms with Crippen LogP contribution >= 0.6 is 22.6 Å². The molecule has 2 rings (SSSR count). The highest BCUT2D eigenvalue weighted by Gasteiger charge is 2.28. The molecule has 4 heteroatoms. The van der Waals surface area contributed by atoms with Gasteiger partial charge in [-0.1, -0.05) is 0 Å². The number of Topliss-reactive ketones (excluding diaryl/α,β-unsaturated/α-hetero) is 1. The molecule has 15 heavy (non-hydrogen) atoms. The first-order valence-electron chi connectivity index (χ1n) is 4.60. The molecule has 1 aromatic carbocycles. The number of anilines is 1. The number of aryl methyl sites for hydroxylation is 1. The Balaban J connectivity index is 2.71. The fraction of sp³-hybridized carbons (Fsp3) is 0.273. The third kappa shape index (κ3) is 1.67. The SMILES string of the molecule is Cc1cc(I)cc2c1N(C)C(=O)CC2=O. The fourth-order valence-electron chi connectivity index (χ4n) is 1.87. The van der Waals surface area contributed by atoms with E-state index in [2.05, 4.69) is 22.6 Å². The Kier molecular flexibility index (Phi) is 2.54. The molecule has 0 bridgehead atoms. The first-order chi connectivity index (χ1) is 7.00. The molecule has 3 nitrogen and oxygen atoms in total. The topological polar surface area (TPSA) is 37.4 Å². The number of rotatable bonds is 0. The lowest BCUT2D eigenvalue weighted by molar-refractivity contribution is -0.117. The Bertz CT molecular complexity index is 468. The van der Waals surface area contributed by atoms with Crippen LogP contribution in [0.25, 0.3) is 0 Å². The van der Waals surface area contributed by atoms with Gasteiger partial charge in [-0.2, -0.15) is 0 Å². The average Bonchev–Trinajstić information content (AvgIpc) is 2.13. The molecule has 1 heterocycles. The molecule has 1 aromatic rings. The fourth-order valence-corrected chi connectivity index (χ4v) is 2.65. The van der Waals surface area contributed by atoms with Crippen LogP contribution < -0.4 is 4.90 Å². The quantitative estimate of drug-likeness (QED) is 0.543. The minimum atomic E-state index is -0.128. The van der Waals surface area contributed by atoms with Crippen LogP contribution in [0.1, 0.15) is 22.3 Å². The Labute approximate surface area is 102 Å². The molecule has 0 N–H and O–H groups in total. The van der Waals surface area contributed by atoms with Gasteiger partial charge in [0.15, 0.2) is 5.78 Å². The smallest absolute Gasteiger partial charge is 0.234 e. The van der Waals surface area contributed by atoms with Crippen molar-refractivity contribution in [2.24, 2.45) is 0 Å². The van der Waals surface area contributed by atoms with Gasteiger partial charge in [0.25, 0.3) is 0 Å². The minimum Gasteiger partial charge on any atom is -0.314 e. The van der Waals surface area contributed by atoms with Crippen molar-refractivity contribution in [2.45, 2.75) is 13.3 Å². The van der Waals surface area contributed by atoms with Gasteiger partial charge in [0.2, 0.25) is 5.91 Å². The number of carbonyl (C=O) groups is 2. The van der Waals surface area contributed by atoms with Crippen LogP contribution in [0.4, 0.5) is 5.69 Å². The normalized spacial score (nSPS) is 15.5. The van der Waals surface area contributed by atoms with E-state index in [1.165, 1.54) is 0 Å². The van der Waals surface area contributed by atoms with E-state index in [4.69, 9.17) is 0 Å². The van der Waals surface area contributed by atoms with Crippen molar-refractivity contribution in [1.29, 1.82) is 0 Å². The first-order valence-corrected chi connectivity index (χ1v) is 5.68. The van der Waals surface area contributed by atoms with Crippen LogP contribution in [0.3, 0.4) is 0 Å². The van der Waals surface area contributed by atoms with Crippen molar-refractivity contribution in [3.8, 4) is 0 Å². The van der Waals surface area contributed by atoms with Gasteiger partial charge in [0.1, 0.15) is 0 Å². The third-order valence-electron chi connectivity index (χ3n) is 2.59. The molecule has 0 saturated carbocycles. The van der Waals surface area contributed by atoms with E-state index in [0.29, 0.717) is 5.56 Å². The second-order valence-electron chi connectivity index (χ2n) is 3.67. The average molecular weight is 315 g/mol. The van der Waals surface area contributed by atoms with Gasteiger partial charge >= 0.3 is 0 Å². The summed E-state index contributed by atoms with van der Waals surface area (Å²) in [5, 5.41) is 0. The number of hydrogen-bond acceptors (Lipinski definition) is 2. The van der Waals surface area contributed by atoms with Gasteiger partial charge in [0, 0.05) is 16.2 Å². The number of amides is 1. The standard InChI is InChI=1S/C11H10INO2/c1-6-3-7(12)4-8-9(14)5-10(15)13(2)11(6)8/h3-4H,5H2,1-2H3. The van der Waals surface area contributed by atoms with E-state index in [9.17, 15) is 9.59 Å². The highest BCUT2D eigenvalue weighted by molar-refractivity contribution is 14.1. The minimum absolute atomic E-state index is 0.0109. The molecule has 0 unspecified atom stereocenters. The summed E-state index contributed by atoms with van der Waals surface area (Å²) in [5.74, 6) is -0.202. The van der Waals surface area contributed by atoms with E-state index in [-0.39, 0.29) is 18.1 Å². The number of carbonyl (C=O) groups excluding carboxylic acids is 2. The molecule has 0 fully saturated rings. The summed E-state index contributed by atoms with van der Waals surface area (Å²) in [5.41, 5.74) is 2.40. The summed E-state index contributed by atoms with van der Waals surface area (Å²) in [7, 11) is 1.72. The predicted octanol–water partition coefficient (Wildman–Crippen LogP) is 2.15.